The van der Waals surface area contributed by atoms with Gasteiger partial charge in [0.1, 0.15) is 0 Å². The molecule has 0 atom stereocenters. The maximum atomic E-state index is 12.3. The van der Waals surface area contributed by atoms with Gasteiger partial charge in [-0.2, -0.15) is 0 Å². The molecule has 0 N–H and O–H groups in total. The Labute approximate surface area is 152 Å². The van der Waals surface area contributed by atoms with Crippen LogP contribution in [0.1, 0.15) is 26.4 Å². The van der Waals surface area contributed by atoms with Gasteiger partial charge in [-0.3, -0.25) is 4.79 Å². The molecule has 0 saturated carbocycles. The molecule has 126 valence electrons. The molecule has 0 aliphatic rings. The minimum absolute atomic E-state index is 0.0184. The van der Waals surface area contributed by atoms with Crippen molar-refractivity contribution in [1.82, 2.24) is 4.90 Å². The van der Waals surface area contributed by atoms with E-state index in [0.29, 0.717) is 0 Å². The molecule has 0 aliphatic heterocycles. The van der Waals surface area contributed by atoms with Gasteiger partial charge >= 0.3 is 0 Å². The standard InChI is InChI=1S/C21H20N2OS/c1-15-18(14-25-20(15)21(24)23(2)3)22-19(16-10-6-4-7-11-16)17-12-8-5-9-13-17/h4-14H,1-3H3. The first-order valence-corrected chi connectivity index (χ1v) is 8.95. The van der Waals surface area contributed by atoms with Crippen molar-refractivity contribution >= 4 is 28.6 Å². The van der Waals surface area contributed by atoms with Crippen molar-refractivity contribution in [1.29, 1.82) is 0 Å². The van der Waals surface area contributed by atoms with Gasteiger partial charge in [0.25, 0.3) is 5.91 Å². The zero-order valence-electron chi connectivity index (χ0n) is 14.6. The van der Waals surface area contributed by atoms with Crippen LogP contribution < -0.4 is 0 Å². The fourth-order valence-corrected chi connectivity index (χ4v) is 3.56. The van der Waals surface area contributed by atoms with E-state index >= 15 is 0 Å². The van der Waals surface area contributed by atoms with E-state index in [1.165, 1.54) is 11.3 Å². The van der Waals surface area contributed by atoms with E-state index in [9.17, 15) is 4.79 Å². The van der Waals surface area contributed by atoms with Crippen LogP contribution in [0.5, 0.6) is 0 Å². The zero-order chi connectivity index (χ0) is 17.8. The molecule has 0 aliphatic carbocycles. The first-order valence-electron chi connectivity index (χ1n) is 8.07. The van der Waals surface area contributed by atoms with E-state index in [1.807, 2.05) is 48.7 Å². The molecular weight excluding hydrogens is 328 g/mol. The van der Waals surface area contributed by atoms with Gasteiger partial charge < -0.3 is 4.90 Å². The summed E-state index contributed by atoms with van der Waals surface area (Å²) in [4.78, 5) is 19.5. The van der Waals surface area contributed by atoms with Crippen LogP contribution in [0, 0.1) is 6.92 Å². The maximum absolute atomic E-state index is 12.3. The molecule has 1 aromatic heterocycles. The Morgan fingerprint density at radius 1 is 0.920 bits per heavy atom. The fraction of sp³-hybridized carbons (Fsp3) is 0.143. The molecule has 25 heavy (non-hydrogen) atoms. The Balaban J connectivity index is 2.10. The molecule has 0 bridgehead atoms. The lowest BCUT2D eigenvalue weighted by molar-refractivity contribution is 0.0831. The molecule has 0 spiro atoms. The average Bonchev–Trinajstić information content (AvgIpc) is 3.00. The number of benzene rings is 2. The van der Waals surface area contributed by atoms with E-state index in [1.54, 1.807) is 19.0 Å². The quantitative estimate of drug-likeness (QED) is 0.616. The van der Waals surface area contributed by atoms with Crippen LogP contribution in [0.25, 0.3) is 0 Å². The molecule has 0 unspecified atom stereocenters. The van der Waals surface area contributed by atoms with E-state index in [-0.39, 0.29) is 5.91 Å². The van der Waals surface area contributed by atoms with Crippen molar-refractivity contribution in [2.45, 2.75) is 6.92 Å². The topological polar surface area (TPSA) is 32.7 Å². The van der Waals surface area contributed by atoms with Crippen molar-refractivity contribution in [2.75, 3.05) is 14.1 Å². The molecule has 3 aromatic rings. The van der Waals surface area contributed by atoms with Crippen molar-refractivity contribution in [3.05, 3.63) is 87.6 Å². The summed E-state index contributed by atoms with van der Waals surface area (Å²) in [5, 5.41) is 1.96. The lowest BCUT2D eigenvalue weighted by Gasteiger charge is -2.10. The predicted molar refractivity (Wildman–Crippen MR) is 105 cm³/mol. The number of nitrogens with zero attached hydrogens (tertiary/aromatic N) is 2. The van der Waals surface area contributed by atoms with Gasteiger partial charge in [-0.15, -0.1) is 11.3 Å². The summed E-state index contributed by atoms with van der Waals surface area (Å²) in [6, 6.07) is 20.2. The van der Waals surface area contributed by atoms with Gasteiger partial charge in [-0.25, -0.2) is 4.99 Å². The van der Waals surface area contributed by atoms with Crippen molar-refractivity contribution < 1.29 is 4.79 Å². The summed E-state index contributed by atoms with van der Waals surface area (Å²) < 4.78 is 0. The number of aliphatic imine (C=N–C) groups is 1. The van der Waals surface area contributed by atoms with Crippen LogP contribution in [-0.4, -0.2) is 30.6 Å². The van der Waals surface area contributed by atoms with Crippen molar-refractivity contribution in [2.24, 2.45) is 4.99 Å². The Morgan fingerprint density at radius 3 is 1.92 bits per heavy atom. The minimum Gasteiger partial charge on any atom is -0.344 e. The summed E-state index contributed by atoms with van der Waals surface area (Å²) in [5.74, 6) is 0.0184. The van der Waals surface area contributed by atoms with Crippen LogP contribution in [-0.2, 0) is 0 Å². The van der Waals surface area contributed by atoms with Crippen LogP contribution in [0.15, 0.2) is 71.0 Å². The molecule has 2 aromatic carbocycles. The Hall–Kier alpha value is -2.72. The summed E-state index contributed by atoms with van der Waals surface area (Å²) in [5.41, 5.74) is 4.79. The molecule has 4 heteroatoms. The third-order valence-electron chi connectivity index (χ3n) is 3.94. The number of hydrogen-bond donors (Lipinski definition) is 0. The van der Waals surface area contributed by atoms with Crippen LogP contribution in [0.4, 0.5) is 5.69 Å². The van der Waals surface area contributed by atoms with E-state index in [2.05, 4.69) is 24.3 Å². The third-order valence-corrected chi connectivity index (χ3v) is 5.00. The number of hydrogen-bond acceptors (Lipinski definition) is 3. The summed E-state index contributed by atoms with van der Waals surface area (Å²) in [6.07, 6.45) is 0. The molecule has 3 rings (SSSR count). The molecule has 0 fully saturated rings. The summed E-state index contributed by atoms with van der Waals surface area (Å²) in [6.45, 7) is 1.96. The Kier molecular flexibility index (Phi) is 5.10. The molecule has 0 saturated heterocycles. The number of carbonyl (C=O) groups is 1. The first kappa shape index (κ1) is 17.1. The van der Waals surface area contributed by atoms with Gasteiger partial charge in [-0.1, -0.05) is 60.7 Å². The predicted octanol–water partition coefficient (Wildman–Crippen LogP) is 4.93. The van der Waals surface area contributed by atoms with E-state index < -0.39 is 0 Å². The van der Waals surface area contributed by atoms with Gasteiger partial charge in [-0.05, 0) is 12.5 Å². The number of amides is 1. The lowest BCUT2D eigenvalue weighted by atomic mass is 10.0. The number of thiophene rings is 1. The highest BCUT2D eigenvalue weighted by Crippen LogP contribution is 2.31. The maximum Gasteiger partial charge on any atom is 0.263 e. The van der Waals surface area contributed by atoms with Crippen molar-refractivity contribution in [3.8, 4) is 0 Å². The SMILES string of the molecule is Cc1c(N=C(c2ccccc2)c2ccccc2)csc1C(=O)N(C)C. The number of rotatable bonds is 4. The summed E-state index contributed by atoms with van der Waals surface area (Å²) in [7, 11) is 3.54. The number of carbonyl (C=O) groups excluding carboxylic acids is 1. The van der Waals surface area contributed by atoms with Gasteiger partial charge in [0.15, 0.2) is 0 Å². The lowest BCUT2D eigenvalue weighted by Crippen LogP contribution is -2.21. The smallest absolute Gasteiger partial charge is 0.263 e. The van der Waals surface area contributed by atoms with Crippen LogP contribution >= 0.6 is 11.3 Å². The van der Waals surface area contributed by atoms with Gasteiger partial charge in [0, 0.05) is 30.6 Å². The molecule has 1 amide bonds. The largest absolute Gasteiger partial charge is 0.344 e. The molecule has 1 heterocycles. The zero-order valence-corrected chi connectivity index (χ0v) is 15.4. The van der Waals surface area contributed by atoms with Crippen molar-refractivity contribution in [3.63, 3.8) is 0 Å². The second-order valence-corrected chi connectivity index (χ2v) is 6.85. The second-order valence-electron chi connectivity index (χ2n) is 5.97. The molecular formula is C21H20N2OS. The van der Waals surface area contributed by atoms with Crippen LogP contribution in [0.2, 0.25) is 0 Å². The molecule has 3 nitrogen and oxygen atoms in total. The van der Waals surface area contributed by atoms with Gasteiger partial charge in [0.05, 0.1) is 16.3 Å². The van der Waals surface area contributed by atoms with Crippen LogP contribution in [0.3, 0.4) is 0 Å². The highest BCUT2D eigenvalue weighted by molar-refractivity contribution is 7.12. The van der Waals surface area contributed by atoms with Gasteiger partial charge in [0.2, 0.25) is 0 Å². The highest BCUT2D eigenvalue weighted by atomic mass is 32.1. The Bertz CT molecular complexity index is 855. The highest BCUT2D eigenvalue weighted by Gasteiger charge is 2.17. The second kappa shape index (κ2) is 7.45. The normalized spacial score (nSPS) is 10.4. The van der Waals surface area contributed by atoms with E-state index in [4.69, 9.17) is 4.99 Å². The average molecular weight is 348 g/mol. The first-order chi connectivity index (χ1) is 12.1. The van der Waals surface area contributed by atoms with E-state index in [0.717, 1.165) is 33.0 Å². The monoisotopic (exact) mass is 348 g/mol. The third kappa shape index (κ3) is 3.69. The fourth-order valence-electron chi connectivity index (χ4n) is 2.54. The molecule has 0 radical (unpaired) electrons. The Morgan fingerprint density at radius 2 is 1.44 bits per heavy atom. The minimum atomic E-state index is 0.0184. The summed E-state index contributed by atoms with van der Waals surface area (Å²) >= 11 is 1.45.